The van der Waals surface area contributed by atoms with Gasteiger partial charge in [0.15, 0.2) is 0 Å². The fourth-order valence-corrected chi connectivity index (χ4v) is 16.9. The minimum atomic E-state index is -0.307. The van der Waals surface area contributed by atoms with Crippen LogP contribution in [-0.4, -0.2) is 22.6 Å². The zero-order chi connectivity index (χ0) is 27.4. The van der Waals surface area contributed by atoms with Crippen LogP contribution in [0.3, 0.4) is 0 Å². The van der Waals surface area contributed by atoms with E-state index in [-0.39, 0.29) is 38.1 Å². The van der Waals surface area contributed by atoms with Crippen LogP contribution in [0.5, 0.6) is 5.75 Å². The number of para-hydroxylation sites is 1. The standard InChI is InChI=1S/C30H50NP2.C6H6O.Ni/c1-5-13-27(14-6-1)32(28-15-7-2-8-16-28)23-25-21-22-26(31-25)24-33(29-17-9-3-10-18-29)30-19-11-4-12-20-30;7-6-4-2-1-3-5-6;/h21-22,27-30H,1-20,23-24H2;1-5,7H;/q-1;;+2/p+1. The molecular formula is C36H57NNiOP2+2. The summed E-state index contributed by atoms with van der Waals surface area (Å²) in [6.07, 6.45) is 33.3. The van der Waals surface area contributed by atoms with Gasteiger partial charge in [0, 0.05) is 15.8 Å². The van der Waals surface area contributed by atoms with Crippen LogP contribution in [0.4, 0.5) is 0 Å². The van der Waals surface area contributed by atoms with E-state index in [1.807, 2.05) is 6.07 Å². The molecule has 1 aromatic carbocycles. The molecule has 0 N–H and O–H groups in total. The number of rotatable bonds is 8. The summed E-state index contributed by atoms with van der Waals surface area (Å²) in [7, 11) is -0.614. The van der Waals surface area contributed by atoms with E-state index in [9.17, 15) is 5.11 Å². The summed E-state index contributed by atoms with van der Waals surface area (Å²) in [6, 6.07) is 13.3. The smallest absolute Gasteiger partial charge is 0.872 e. The van der Waals surface area contributed by atoms with Crippen LogP contribution >= 0.6 is 15.8 Å². The summed E-state index contributed by atoms with van der Waals surface area (Å²) in [4.78, 5) is 5.42. The predicted molar refractivity (Wildman–Crippen MR) is 177 cm³/mol. The molecular weight excluding hydrogens is 583 g/mol. The Kier molecular flexibility index (Phi) is 15.1. The molecule has 2 nitrogen and oxygen atoms in total. The SMILES string of the molecule is [Ni+2].[O-]c1ccccc1.c1cc(C[PH+](C2CCCCC2)C2CCCCC2)[n-]c1C[PH+](C1CCCCC1)C1CCCCC1. The van der Waals surface area contributed by atoms with Crippen molar-refractivity contribution in [2.45, 2.75) is 163 Å². The summed E-state index contributed by atoms with van der Waals surface area (Å²) < 4.78 is 0. The van der Waals surface area contributed by atoms with Crippen molar-refractivity contribution in [1.29, 1.82) is 0 Å². The Morgan fingerprint density at radius 3 is 1.07 bits per heavy atom. The molecule has 4 aliphatic carbocycles. The van der Waals surface area contributed by atoms with Crippen LogP contribution in [0.1, 0.15) is 140 Å². The van der Waals surface area contributed by atoms with Crippen molar-refractivity contribution in [3.8, 4) is 5.75 Å². The molecule has 1 aromatic heterocycles. The van der Waals surface area contributed by atoms with Gasteiger partial charge in [-0.25, -0.2) is 0 Å². The molecule has 2 aromatic rings. The van der Waals surface area contributed by atoms with Gasteiger partial charge in [0.2, 0.25) is 0 Å². The second kappa shape index (κ2) is 18.5. The van der Waals surface area contributed by atoms with Gasteiger partial charge in [-0.2, -0.15) is 0 Å². The van der Waals surface area contributed by atoms with Crippen LogP contribution in [0.25, 0.3) is 0 Å². The van der Waals surface area contributed by atoms with E-state index >= 15 is 0 Å². The van der Waals surface area contributed by atoms with E-state index < -0.39 is 0 Å². The minimum absolute atomic E-state index is 0. The molecule has 6 rings (SSSR count). The Hall–Kier alpha value is -0.346. The average molecular weight is 640 g/mol. The van der Waals surface area contributed by atoms with Crippen molar-refractivity contribution in [2.24, 2.45) is 0 Å². The van der Waals surface area contributed by atoms with Gasteiger partial charge in [0.05, 0.1) is 35.0 Å². The molecule has 4 aliphatic rings. The number of hydrogen-bond donors (Lipinski definition) is 0. The van der Waals surface area contributed by atoms with Gasteiger partial charge in [0.1, 0.15) is 0 Å². The molecule has 0 bridgehead atoms. The summed E-state index contributed by atoms with van der Waals surface area (Å²) in [5.74, 6) is 0.0718. The van der Waals surface area contributed by atoms with Crippen LogP contribution in [-0.2, 0) is 28.8 Å². The van der Waals surface area contributed by atoms with Gasteiger partial charge >= 0.3 is 16.5 Å². The van der Waals surface area contributed by atoms with Gasteiger partial charge in [-0.05, 0) is 103 Å². The van der Waals surface area contributed by atoms with Gasteiger partial charge in [-0.15, -0.1) is 17.1 Å². The van der Waals surface area contributed by atoms with E-state index in [0.29, 0.717) is 0 Å². The van der Waals surface area contributed by atoms with Crippen molar-refractivity contribution < 1.29 is 21.6 Å². The molecule has 230 valence electrons. The Balaban J connectivity index is 0.000000425. The fraction of sp³-hybridized carbons (Fsp3) is 0.722. The normalized spacial score (nSPS) is 21.8. The van der Waals surface area contributed by atoms with E-state index in [1.54, 1.807) is 63.5 Å². The molecule has 1 heterocycles. The van der Waals surface area contributed by atoms with Crippen molar-refractivity contribution in [3.05, 3.63) is 53.9 Å². The van der Waals surface area contributed by atoms with Crippen LogP contribution in [0, 0.1) is 0 Å². The third-order valence-corrected chi connectivity index (χ3v) is 18.8. The Morgan fingerprint density at radius 1 is 0.488 bits per heavy atom. The first-order chi connectivity index (χ1) is 19.8. The zero-order valence-electron chi connectivity index (χ0n) is 25.6. The molecule has 4 saturated carbocycles. The first kappa shape index (κ1) is 33.5. The summed E-state index contributed by atoms with van der Waals surface area (Å²) in [5.41, 5.74) is 7.41. The van der Waals surface area contributed by atoms with Gasteiger partial charge in [-0.1, -0.05) is 68.1 Å². The van der Waals surface area contributed by atoms with E-state index in [2.05, 4.69) is 12.1 Å². The molecule has 4 fully saturated rings. The fourth-order valence-electron chi connectivity index (χ4n) is 8.62. The van der Waals surface area contributed by atoms with E-state index in [4.69, 9.17) is 4.98 Å². The molecule has 0 radical (unpaired) electrons. The Morgan fingerprint density at radius 2 is 0.805 bits per heavy atom. The number of benzene rings is 1. The average Bonchev–Trinajstić information content (AvgIpc) is 3.48. The third kappa shape index (κ3) is 10.7. The molecule has 0 spiro atoms. The van der Waals surface area contributed by atoms with Crippen LogP contribution in [0.2, 0.25) is 0 Å². The number of nitrogens with zero attached hydrogens (tertiary/aromatic N) is 1. The maximum absolute atomic E-state index is 10.3. The van der Waals surface area contributed by atoms with Gasteiger partial charge in [0.25, 0.3) is 0 Å². The number of hydrogen-bond acceptors (Lipinski definition) is 1. The van der Waals surface area contributed by atoms with Crippen molar-refractivity contribution in [3.63, 3.8) is 0 Å². The summed E-state index contributed by atoms with van der Waals surface area (Å²) in [5, 5.41) is 10.3. The molecule has 0 unspecified atom stereocenters. The second-order valence-electron chi connectivity index (χ2n) is 13.6. The first-order valence-electron chi connectivity index (χ1n) is 17.3. The Bertz CT molecular complexity index is 851. The molecule has 0 amide bonds. The van der Waals surface area contributed by atoms with Gasteiger partial charge in [-0.3, -0.25) is 0 Å². The molecule has 5 heteroatoms. The summed E-state index contributed by atoms with van der Waals surface area (Å²) >= 11 is 0. The second-order valence-corrected chi connectivity index (χ2v) is 19.9. The molecule has 41 heavy (non-hydrogen) atoms. The van der Waals surface area contributed by atoms with Crippen molar-refractivity contribution >= 4 is 15.8 Å². The van der Waals surface area contributed by atoms with Crippen LogP contribution in [0.15, 0.2) is 42.5 Å². The molecule has 0 aliphatic heterocycles. The minimum Gasteiger partial charge on any atom is -0.872 e. The van der Waals surface area contributed by atoms with Crippen LogP contribution < -0.4 is 10.1 Å². The van der Waals surface area contributed by atoms with Crippen molar-refractivity contribution in [1.82, 2.24) is 4.98 Å². The molecule has 0 atom stereocenters. The first-order valence-corrected chi connectivity index (χ1v) is 21.0. The van der Waals surface area contributed by atoms with E-state index in [1.165, 1.54) is 113 Å². The maximum atomic E-state index is 10.3. The van der Waals surface area contributed by atoms with Gasteiger partial charge < -0.3 is 10.1 Å². The van der Waals surface area contributed by atoms with Crippen molar-refractivity contribution in [2.75, 3.05) is 0 Å². The topological polar surface area (TPSA) is 37.2 Å². The maximum Gasteiger partial charge on any atom is 2.00 e. The number of aromatic nitrogens is 1. The molecule has 0 saturated heterocycles. The largest absolute Gasteiger partial charge is 2.00 e. The quantitative estimate of drug-likeness (QED) is 0.213. The monoisotopic (exact) mass is 639 g/mol. The Labute approximate surface area is 264 Å². The predicted octanol–water partition coefficient (Wildman–Crippen LogP) is 10.2. The zero-order valence-corrected chi connectivity index (χ0v) is 28.6. The summed E-state index contributed by atoms with van der Waals surface area (Å²) in [6.45, 7) is 0. The third-order valence-electron chi connectivity index (χ3n) is 10.8. The van der Waals surface area contributed by atoms with E-state index in [0.717, 1.165) is 22.6 Å².